The molecule has 1 rings (SSSR count). The number of likely N-dealkylation sites (N-methyl/N-ethyl adjacent to an activating group) is 2. The van der Waals surface area contributed by atoms with Crippen LogP contribution < -0.4 is 10.6 Å². The molecule has 1 aromatic heterocycles. The van der Waals surface area contributed by atoms with E-state index in [9.17, 15) is 18.0 Å². The fraction of sp³-hybridized carbons (Fsp3) is 0.667. The molecule has 1 heterocycles. The van der Waals surface area contributed by atoms with Gasteiger partial charge in [-0.25, -0.2) is 0 Å². The lowest BCUT2D eigenvalue weighted by Crippen LogP contribution is -2.41. The second-order valence-electron chi connectivity index (χ2n) is 4.81. The molecule has 1 aromatic rings. The molecule has 1 amide bonds. The van der Waals surface area contributed by atoms with Crippen molar-refractivity contribution in [3.8, 4) is 0 Å². The molecule has 0 aliphatic heterocycles. The van der Waals surface area contributed by atoms with Gasteiger partial charge in [0.2, 0.25) is 5.91 Å². The van der Waals surface area contributed by atoms with Crippen molar-refractivity contribution in [1.29, 1.82) is 0 Å². The van der Waals surface area contributed by atoms with E-state index in [0.29, 0.717) is 5.56 Å². The Hall–Kier alpha value is -1.61. The monoisotopic (exact) mass is 307 g/mol. The van der Waals surface area contributed by atoms with Gasteiger partial charge >= 0.3 is 6.18 Å². The summed E-state index contributed by atoms with van der Waals surface area (Å²) in [6.07, 6.45) is -0.963. The number of nitrogens with zero attached hydrogens (tertiary/aromatic N) is 3. The molecular formula is C12H20F3N5O. The maximum atomic E-state index is 12.2. The van der Waals surface area contributed by atoms with Crippen LogP contribution in [0.3, 0.4) is 0 Å². The molecule has 2 N–H and O–H groups in total. The number of halogens is 3. The first kappa shape index (κ1) is 17.4. The Morgan fingerprint density at radius 3 is 2.67 bits per heavy atom. The quantitative estimate of drug-likeness (QED) is 0.760. The van der Waals surface area contributed by atoms with Crippen molar-refractivity contribution in [1.82, 2.24) is 25.3 Å². The van der Waals surface area contributed by atoms with Crippen molar-refractivity contribution in [2.45, 2.75) is 12.2 Å². The molecule has 1 atom stereocenters. The summed E-state index contributed by atoms with van der Waals surface area (Å²) in [5.74, 6) is -0.300. The predicted octanol–water partition coefficient (Wildman–Crippen LogP) is 0.291. The van der Waals surface area contributed by atoms with Crippen molar-refractivity contribution in [2.24, 2.45) is 7.05 Å². The highest BCUT2D eigenvalue weighted by atomic mass is 19.4. The maximum absolute atomic E-state index is 12.2. The van der Waals surface area contributed by atoms with E-state index in [1.807, 2.05) is 0 Å². The van der Waals surface area contributed by atoms with E-state index < -0.39 is 18.8 Å². The summed E-state index contributed by atoms with van der Waals surface area (Å²) in [5.41, 5.74) is 0.696. The molecule has 0 aliphatic carbocycles. The third kappa shape index (κ3) is 6.13. The number of aromatic nitrogens is 2. The van der Waals surface area contributed by atoms with Gasteiger partial charge in [0.05, 0.1) is 12.7 Å². The molecule has 0 fully saturated rings. The van der Waals surface area contributed by atoms with Crippen LogP contribution in [-0.4, -0.2) is 60.5 Å². The number of carbonyl (C=O) groups is 1. The summed E-state index contributed by atoms with van der Waals surface area (Å²) in [6, 6.07) is -0.577. The largest absolute Gasteiger partial charge is 0.401 e. The van der Waals surface area contributed by atoms with Gasteiger partial charge < -0.3 is 10.6 Å². The lowest BCUT2D eigenvalue weighted by atomic mass is 10.1. The zero-order valence-corrected chi connectivity index (χ0v) is 12.2. The second-order valence-corrected chi connectivity index (χ2v) is 4.81. The van der Waals surface area contributed by atoms with Crippen LogP contribution in [0.25, 0.3) is 0 Å². The van der Waals surface area contributed by atoms with Gasteiger partial charge in [0.25, 0.3) is 0 Å². The Balaban J connectivity index is 2.42. The standard InChI is InChI=1S/C12H20F3N5O/c1-16-10(9-6-18-20(3)7-9)11(21)17-4-5-19(2)8-12(13,14)15/h6-7,10,16H,4-5,8H2,1-3H3,(H,17,21). The fourth-order valence-corrected chi connectivity index (χ4v) is 1.90. The van der Waals surface area contributed by atoms with Crippen LogP contribution in [0.2, 0.25) is 0 Å². The fourth-order valence-electron chi connectivity index (χ4n) is 1.90. The number of carbonyl (C=O) groups excluding carboxylic acids is 1. The summed E-state index contributed by atoms with van der Waals surface area (Å²) in [4.78, 5) is 13.1. The van der Waals surface area contributed by atoms with E-state index in [-0.39, 0.29) is 19.0 Å². The molecule has 0 radical (unpaired) electrons. The topological polar surface area (TPSA) is 62.2 Å². The zero-order chi connectivity index (χ0) is 16.0. The summed E-state index contributed by atoms with van der Waals surface area (Å²) >= 11 is 0. The van der Waals surface area contributed by atoms with Gasteiger partial charge in [-0.1, -0.05) is 0 Å². The summed E-state index contributed by atoms with van der Waals surface area (Å²) < 4.78 is 38.0. The van der Waals surface area contributed by atoms with E-state index in [1.54, 1.807) is 31.2 Å². The van der Waals surface area contributed by atoms with Gasteiger partial charge in [-0.2, -0.15) is 18.3 Å². The first-order valence-corrected chi connectivity index (χ1v) is 6.41. The molecule has 1 unspecified atom stereocenters. The molecule has 21 heavy (non-hydrogen) atoms. The third-order valence-electron chi connectivity index (χ3n) is 2.85. The Morgan fingerprint density at radius 1 is 1.52 bits per heavy atom. The van der Waals surface area contributed by atoms with E-state index in [0.717, 1.165) is 4.90 Å². The van der Waals surface area contributed by atoms with Crippen LogP contribution in [0.5, 0.6) is 0 Å². The molecule has 0 spiro atoms. The van der Waals surface area contributed by atoms with Crippen molar-refractivity contribution in [3.63, 3.8) is 0 Å². The molecule has 6 nitrogen and oxygen atoms in total. The summed E-state index contributed by atoms with van der Waals surface area (Å²) in [6.45, 7) is -0.737. The Labute approximate surface area is 121 Å². The highest BCUT2D eigenvalue weighted by Gasteiger charge is 2.29. The maximum Gasteiger partial charge on any atom is 0.401 e. The van der Waals surface area contributed by atoms with E-state index in [2.05, 4.69) is 15.7 Å². The van der Waals surface area contributed by atoms with Gasteiger partial charge in [0.15, 0.2) is 0 Å². The van der Waals surface area contributed by atoms with Crippen LogP contribution >= 0.6 is 0 Å². The van der Waals surface area contributed by atoms with E-state index in [4.69, 9.17) is 0 Å². The first-order chi connectivity index (χ1) is 9.73. The minimum absolute atomic E-state index is 0.120. The van der Waals surface area contributed by atoms with Crippen LogP contribution in [0.1, 0.15) is 11.6 Å². The zero-order valence-electron chi connectivity index (χ0n) is 12.2. The number of hydrogen-bond donors (Lipinski definition) is 2. The Morgan fingerprint density at radius 2 is 2.19 bits per heavy atom. The van der Waals surface area contributed by atoms with Gasteiger partial charge in [0, 0.05) is 31.9 Å². The molecule has 0 saturated carbocycles. The molecule has 0 aliphatic rings. The third-order valence-corrected chi connectivity index (χ3v) is 2.85. The number of amides is 1. The predicted molar refractivity (Wildman–Crippen MR) is 71.6 cm³/mol. The summed E-state index contributed by atoms with van der Waals surface area (Å²) in [5, 5.41) is 9.44. The highest BCUT2D eigenvalue weighted by Crippen LogP contribution is 2.15. The Bertz CT molecular complexity index is 460. The van der Waals surface area contributed by atoms with Crippen LogP contribution in [0, 0.1) is 0 Å². The van der Waals surface area contributed by atoms with E-state index in [1.165, 1.54) is 7.05 Å². The van der Waals surface area contributed by atoms with Crippen molar-refractivity contribution in [2.75, 3.05) is 33.7 Å². The summed E-state index contributed by atoms with van der Waals surface area (Å²) in [7, 11) is 4.73. The lowest BCUT2D eigenvalue weighted by Gasteiger charge is -2.20. The molecule has 120 valence electrons. The van der Waals surface area contributed by atoms with Gasteiger partial charge in [-0.05, 0) is 14.1 Å². The van der Waals surface area contributed by atoms with Crippen molar-refractivity contribution in [3.05, 3.63) is 18.0 Å². The van der Waals surface area contributed by atoms with Crippen molar-refractivity contribution >= 4 is 5.91 Å². The number of hydrogen-bond acceptors (Lipinski definition) is 4. The molecular weight excluding hydrogens is 287 g/mol. The number of nitrogens with one attached hydrogen (secondary N) is 2. The molecule has 0 bridgehead atoms. The number of alkyl halides is 3. The number of aryl methyl sites for hydroxylation is 1. The first-order valence-electron chi connectivity index (χ1n) is 6.41. The minimum atomic E-state index is -4.23. The molecule has 0 aromatic carbocycles. The van der Waals surface area contributed by atoms with Crippen LogP contribution in [0.4, 0.5) is 13.2 Å². The molecule has 9 heteroatoms. The van der Waals surface area contributed by atoms with Gasteiger partial charge in [-0.15, -0.1) is 0 Å². The minimum Gasteiger partial charge on any atom is -0.353 e. The number of rotatable bonds is 7. The SMILES string of the molecule is CNC(C(=O)NCCN(C)CC(F)(F)F)c1cnn(C)c1. The highest BCUT2D eigenvalue weighted by molar-refractivity contribution is 5.82. The average Bonchev–Trinajstić information content (AvgIpc) is 2.74. The second kappa shape index (κ2) is 7.41. The van der Waals surface area contributed by atoms with Crippen LogP contribution in [0.15, 0.2) is 12.4 Å². The van der Waals surface area contributed by atoms with Crippen molar-refractivity contribution < 1.29 is 18.0 Å². The van der Waals surface area contributed by atoms with Gasteiger partial charge in [0.1, 0.15) is 6.04 Å². The van der Waals surface area contributed by atoms with Crippen LogP contribution in [-0.2, 0) is 11.8 Å². The Kier molecular flexibility index (Phi) is 6.16. The van der Waals surface area contributed by atoms with Gasteiger partial charge in [-0.3, -0.25) is 14.4 Å². The molecule has 0 saturated heterocycles. The lowest BCUT2D eigenvalue weighted by molar-refractivity contribution is -0.142. The van der Waals surface area contributed by atoms with E-state index >= 15 is 0 Å². The smallest absolute Gasteiger partial charge is 0.353 e. The average molecular weight is 307 g/mol. The normalized spacial score (nSPS) is 13.5.